The van der Waals surface area contributed by atoms with Gasteiger partial charge in [-0.25, -0.2) is 0 Å². The summed E-state index contributed by atoms with van der Waals surface area (Å²) in [6, 6.07) is 11.8. The number of rotatable bonds is 3. The van der Waals surface area contributed by atoms with Crippen LogP contribution in [0, 0.1) is 3.57 Å². The summed E-state index contributed by atoms with van der Waals surface area (Å²) in [5.41, 5.74) is 2.02. The summed E-state index contributed by atoms with van der Waals surface area (Å²) in [5, 5.41) is 0.612. The van der Waals surface area contributed by atoms with Gasteiger partial charge in [-0.1, -0.05) is 30.7 Å². The molecule has 0 radical (unpaired) electrons. The van der Waals surface area contributed by atoms with Crippen molar-refractivity contribution in [3.05, 3.63) is 62.4 Å². The number of halogens is 3. The Kier molecular flexibility index (Phi) is 4.87. The molecular formula is C14H12Cl2IN. The third-order valence-corrected chi connectivity index (χ3v) is 5.06. The summed E-state index contributed by atoms with van der Waals surface area (Å²) in [6.45, 7) is 2.08. The van der Waals surface area contributed by atoms with Crippen LogP contribution >= 0.6 is 45.8 Å². The first-order chi connectivity index (χ1) is 8.59. The summed E-state index contributed by atoms with van der Waals surface area (Å²) in [4.78, 5) is 4.35. The number of nitrogens with zero attached hydrogens (tertiary/aromatic N) is 1. The second kappa shape index (κ2) is 6.22. The molecule has 4 heteroatoms. The standard InChI is InChI=1S/C14H12Cl2IN/c1-9(13-4-2-3-7-18-13)14(16)10-5-6-12(17)11(15)8-10/h2-9,14H,1H3. The van der Waals surface area contributed by atoms with Crippen molar-refractivity contribution < 1.29 is 0 Å². The first-order valence-corrected chi connectivity index (χ1v) is 7.49. The van der Waals surface area contributed by atoms with Gasteiger partial charge in [0.1, 0.15) is 0 Å². The molecule has 2 unspecified atom stereocenters. The predicted molar refractivity (Wildman–Crippen MR) is 85.4 cm³/mol. The van der Waals surface area contributed by atoms with E-state index in [1.807, 2.05) is 36.4 Å². The monoisotopic (exact) mass is 391 g/mol. The third-order valence-electron chi connectivity index (χ3n) is 2.86. The highest BCUT2D eigenvalue weighted by molar-refractivity contribution is 14.1. The molecule has 18 heavy (non-hydrogen) atoms. The van der Waals surface area contributed by atoms with E-state index >= 15 is 0 Å². The Morgan fingerprint density at radius 2 is 2.00 bits per heavy atom. The van der Waals surface area contributed by atoms with E-state index in [2.05, 4.69) is 34.5 Å². The van der Waals surface area contributed by atoms with Gasteiger partial charge in [-0.05, 0) is 52.4 Å². The van der Waals surface area contributed by atoms with Crippen LogP contribution in [-0.4, -0.2) is 4.98 Å². The lowest BCUT2D eigenvalue weighted by molar-refractivity contribution is 0.706. The summed E-state index contributed by atoms with van der Waals surface area (Å²) in [5.74, 6) is 0.143. The van der Waals surface area contributed by atoms with Gasteiger partial charge in [0.15, 0.2) is 0 Å². The molecule has 0 aliphatic heterocycles. The van der Waals surface area contributed by atoms with E-state index in [1.165, 1.54) is 0 Å². The molecule has 0 saturated heterocycles. The number of hydrogen-bond donors (Lipinski definition) is 0. The fraction of sp³-hybridized carbons (Fsp3) is 0.214. The fourth-order valence-electron chi connectivity index (χ4n) is 1.77. The van der Waals surface area contributed by atoms with Crippen LogP contribution in [0.25, 0.3) is 0 Å². The fourth-order valence-corrected chi connectivity index (χ4v) is 2.56. The predicted octanol–water partition coefficient (Wildman–Crippen LogP) is 5.42. The Bertz CT molecular complexity index is 531. The van der Waals surface area contributed by atoms with Gasteiger partial charge < -0.3 is 0 Å². The van der Waals surface area contributed by atoms with Gasteiger partial charge in [0.25, 0.3) is 0 Å². The molecule has 2 rings (SSSR count). The minimum Gasteiger partial charge on any atom is -0.261 e. The average Bonchev–Trinajstić information content (AvgIpc) is 2.41. The Hall–Kier alpha value is -0.320. The minimum absolute atomic E-state index is 0.130. The smallest absolute Gasteiger partial charge is 0.0666 e. The van der Waals surface area contributed by atoms with E-state index in [0.29, 0.717) is 0 Å². The average molecular weight is 392 g/mol. The number of pyridine rings is 1. The Labute approximate surface area is 131 Å². The highest BCUT2D eigenvalue weighted by Gasteiger charge is 2.19. The first-order valence-electron chi connectivity index (χ1n) is 5.59. The molecule has 2 aromatic rings. The van der Waals surface area contributed by atoms with Crippen LogP contribution in [0.2, 0.25) is 5.02 Å². The largest absolute Gasteiger partial charge is 0.261 e. The van der Waals surface area contributed by atoms with Crippen LogP contribution in [0.3, 0.4) is 0 Å². The van der Waals surface area contributed by atoms with Crippen LogP contribution < -0.4 is 0 Å². The van der Waals surface area contributed by atoms with Gasteiger partial charge >= 0.3 is 0 Å². The van der Waals surface area contributed by atoms with Gasteiger partial charge in [-0.15, -0.1) is 11.6 Å². The number of hydrogen-bond acceptors (Lipinski definition) is 1. The van der Waals surface area contributed by atoms with E-state index < -0.39 is 0 Å². The molecule has 0 bridgehead atoms. The highest BCUT2D eigenvalue weighted by atomic mass is 127. The van der Waals surface area contributed by atoms with Gasteiger partial charge in [-0.3, -0.25) is 4.98 Å². The SMILES string of the molecule is CC(c1ccccn1)C(Cl)c1ccc(I)c(Cl)c1. The lowest BCUT2D eigenvalue weighted by Gasteiger charge is -2.18. The van der Waals surface area contributed by atoms with E-state index in [1.54, 1.807) is 6.20 Å². The van der Waals surface area contributed by atoms with Crippen LogP contribution in [0.1, 0.15) is 29.5 Å². The van der Waals surface area contributed by atoms with Crippen molar-refractivity contribution in [1.29, 1.82) is 0 Å². The maximum atomic E-state index is 6.51. The molecule has 0 N–H and O–H groups in total. The highest BCUT2D eigenvalue weighted by Crippen LogP contribution is 2.36. The lowest BCUT2D eigenvalue weighted by atomic mass is 9.97. The van der Waals surface area contributed by atoms with Gasteiger partial charge in [0, 0.05) is 21.4 Å². The zero-order valence-electron chi connectivity index (χ0n) is 9.78. The zero-order valence-corrected chi connectivity index (χ0v) is 13.4. The topological polar surface area (TPSA) is 12.9 Å². The molecule has 1 aromatic carbocycles. The Balaban J connectivity index is 2.25. The second-order valence-corrected chi connectivity index (χ2v) is 6.16. The van der Waals surface area contributed by atoms with Gasteiger partial charge in [0.05, 0.1) is 10.4 Å². The van der Waals surface area contributed by atoms with Gasteiger partial charge in [-0.2, -0.15) is 0 Å². The molecule has 0 spiro atoms. The van der Waals surface area contributed by atoms with Crippen LogP contribution in [0.5, 0.6) is 0 Å². The number of benzene rings is 1. The quantitative estimate of drug-likeness (QED) is 0.502. The molecule has 0 aliphatic rings. The van der Waals surface area contributed by atoms with Crippen molar-refractivity contribution in [2.45, 2.75) is 18.2 Å². The second-order valence-electron chi connectivity index (χ2n) is 4.12. The molecule has 0 saturated carbocycles. The molecule has 1 aromatic heterocycles. The lowest BCUT2D eigenvalue weighted by Crippen LogP contribution is -2.04. The summed E-state index contributed by atoms with van der Waals surface area (Å²) in [7, 11) is 0. The number of alkyl halides is 1. The van der Waals surface area contributed by atoms with E-state index in [4.69, 9.17) is 23.2 Å². The molecular weight excluding hydrogens is 380 g/mol. The van der Waals surface area contributed by atoms with Crippen molar-refractivity contribution in [2.75, 3.05) is 0 Å². The van der Waals surface area contributed by atoms with Crippen molar-refractivity contribution >= 4 is 45.8 Å². The Morgan fingerprint density at radius 1 is 1.22 bits per heavy atom. The normalized spacial score (nSPS) is 14.2. The molecule has 1 heterocycles. The van der Waals surface area contributed by atoms with Crippen LogP contribution in [0.15, 0.2) is 42.6 Å². The number of aromatic nitrogens is 1. The maximum absolute atomic E-state index is 6.51. The molecule has 2 atom stereocenters. The minimum atomic E-state index is -0.130. The molecule has 94 valence electrons. The maximum Gasteiger partial charge on any atom is 0.0666 e. The molecule has 0 aliphatic carbocycles. The van der Waals surface area contributed by atoms with Crippen molar-refractivity contribution in [2.24, 2.45) is 0 Å². The molecule has 0 amide bonds. The van der Waals surface area contributed by atoms with Crippen molar-refractivity contribution in [1.82, 2.24) is 4.98 Å². The van der Waals surface area contributed by atoms with Crippen molar-refractivity contribution in [3.63, 3.8) is 0 Å². The van der Waals surface area contributed by atoms with Gasteiger partial charge in [0.2, 0.25) is 0 Å². The Morgan fingerprint density at radius 3 is 2.61 bits per heavy atom. The third kappa shape index (κ3) is 3.16. The summed E-state index contributed by atoms with van der Waals surface area (Å²) in [6.07, 6.45) is 1.79. The van der Waals surface area contributed by atoms with Crippen LogP contribution in [-0.2, 0) is 0 Å². The molecule has 0 fully saturated rings. The van der Waals surface area contributed by atoms with Crippen LogP contribution in [0.4, 0.5) is 0 Å². The summed E-state index contributed by atoms with van der Waals surface area (Å²) < 4.78 is 1.03. The van der Waals surface area contributed by atoms with Crippen molar-refractivity contribution in [3.8, 4) is 0 Å². The van der Waals surface area contributed by atoms with E-state index in [0.717, 1.165) is 19.9 Å². The zero-order chi connectivity index (χ0) is 13.1. The first kappa shape index (κ1) is 14.1. The van der Waals surface area contributed by atoms with E-state index in [-0.39, 0.29) is 11.3 Å². The summed E-state index contributed by atoms with van der Waals surface area (Å²) >= 11 is 14.8. The van der Waals surface area contributed by atoms with E-state index in [9.17, 15) is 0 Å². The molecule has 1 nitrogen and oxygen atoms in total.